The third kappa shape index (κ3) is 8.10. The normalized spacial score (nSPS) is 10.6. The molecule has 7 heteroatoms. The minimum Gasteiger partial charge on any atom is -0.492 e. The molecule has 0 spiro atoms. The average molecular weight is 435 g/mol. The lowest BCUT2D eigenvalue weighted by Crippen LogP contribution is -2.24. The molecule has 1 aromatic rings. The quantitative estimate of drug-likeness (QED) is 0.498. The van der Waals surface area contributed by atoms with Crippen molar-refractivity contribution >= 4 is 39.4 Å². The van der Waals surface area contributed by atoms with E-state index < -0.39 is 5.97 Å². The Balaban J connectivity index is 2.19. The van der Waals surface area contributed by atoms with Crippen molar-refractivity contribution in [3.63, 3.8) is 0 Å². The van der Waals surface area contributed by atoms with Gasteiger partial charge in [-0.15, -0.1) is 0 Å². The highest BCUT2D eigenvalue weighted by molar-refractivity contribution is 9.10. The minimum absolute atomic E-state index is 0.00984. The lowest BCUT2D eigenvalue weighted by atomic mass is 10.1. The molecule has 0 atom stereocenters. The highest BCUT2D eigenvalue weighted by Crippen LogP contribution is 2.35. The SMILES string of the molecule is Cc1cc(OCCCC(=O)NCCCCCC(=O)O)c(Br)c(C)c1Cl. The van der Waals surface area contributed by atoms with Crippen LogP contribution in [0.2, 0.25) is 5.02 Å². The fraction of sp³-hybridized carbons (Fsp3) is 0.556. The molecule has 1 rings (SSSR count). The van der Waals surface area contributed by atoms with Crippen molar-refractivity contribution in [3.05, 3.63) is 26.7 Å². The highest BCUT2D eigenvalue weighted by Gasteiger charge is 2.11. The van der Waals surface area contributed by atoms with Crippen molar-refractivity contribution < 1.29 is 19.4 Å². The number of amides is 1. The number of carbonyl (C=O) groups is 2. The summed E-state index contributed by atoms with van der Waals surface area (Å²) in [4.78, 5) is 22.1. The van der Waals surface area contributed by atoms with Gasteiger partial charge in [-0.25, -0.2) is 0 Å². The summed E-state index contributed by atoms with van der Waals surface area (Å²) in [5.41, 5.74) is 1.90. The van der Waals surface area contributed by atoms with Gasteiger partial charge in [-0.1, -0.05) is 18.0 Å². The first-order chi connectivity index (χ1) is 11.8. The summed E-state index contributed by atoms with van der Waals surface area (Å²) in [6, 6.07) is 1.89. The van der Waals surface area contributed by atoms with Gasteiger partial charge in [0.1, 0.15) is 5.75 Å². The van der Waals surface area contributed by atoms with E-state index in [2.05, 4.69) is 21.2 Å². The number of carboxylic acids is 1. The standard InChI is InChI=1S/C18H25BrClNO4/c1-12-11-14(17(19)13(2)18(12)20)25-10-6-7-15(22)21-9-5-3-4-8-16(23)24/h11H,3-10H2,1-2H3,(H,21,22)(H,23,24). The van der Waals surface area contributed by atoms with Gasteiger partial charge in [0, 0.05) is 24.4 Å². The van der Waals surface area contributed by atoms with Crippen LogP contribution >= 0.6 is 27.5 Å². The van der Waals surface area contributed by atoms with Crippen molar-refractivity contribution in [2.24, 2.45) is 0 Å². The molecule has 0 aliphatic carbocycles. The fourth-order valence-corrected chi connectivity index (χ4v) is 3.00. The Morgan fingerprint density at radius 1 is 1.20 bits per heavy atom. The summed E-state index contributed by atoms with van der Waals surface area (Å²) in [5, 5.41) is 12.1. The zero-order chi connectivity index (χ0) is 18.8. The first-order valence-electron chi connectivity index (χ1n) is 8.39. The first-order valence-corrected chi connectivity index (χ1v) is 9.56. The van der Waals surface area contributed by atoms with Crippen molar-refractivity contribution in [1.82, 2.24) is 5.32 Å². The van der Waals surface area contributed by atoms with Gasteiger partial charge in [-0.2, -0.15) is 0 Å². The molecule has 0 fully saturated rings. The van der Waals surface area contributed by atoms with Crippen LogP contribution in [0.1, 0.15) is 49.7 Å². The number of carboxylic acid groups (broad SMARTS) is 1. The van der Waals surface area contributed by atoms with Gasteiger partial charge >= 0.3 is 5.97 Å². The Hall–Kier alpha value is -1.27. The van der Waals surface area contributed by atoms with E-state index in [-0.39, 0.29) is 12.3 Å². The van der Waals surface area contributed by atoms with E-state index >= 15 is 0 Å². The maximum atomic E-state index is 11.7. The Morgan fingerprint density at radius 2 is 1.92 bits per heavy atom. The van der Waals surface area contributed by atoms with Crippen LogP contribution in [-0.2, 0) is 9.59 Å². The number of aliphatic carboxylic acids is 1. The smallest absolute Gasteiger partial charge is 0.303 e. The number of aryl methyl sites for hydroxylation is 1. The average Bonchev–Trinajstić information content (AvgIpc) is 2.56. The molecule has 5 nitrogen and oxygen atoms in total. The van der Waals surface area contributed by atoms with Gasteiger partial charge in [0.15, 0.2) is 0 Å². The maximum absolute atomic E-state index is 11.7. The van der Waals surface area contributed by atoms with Crippen LogP contribution in [0, 0.1) is 13.8 Å². The molecule has 2 N–H and O–H groups in total. The van der Waals surface area contributed by atoms with Crippen LogP contribution in [0.25, 0.3) is 0 Å². The molecule has 140 valence electrons. The Labute approximate surface area is 162 Å². The molecular formula is C18H25BrClNO4. The Bertz CT molecular complexity index is 607. The fourth-order valence-electron chi connectivity index (χ4n) is 2.31. The van der Waals surface area contributed by atoms with E-state index in [0.29, 0.717) is 32.4 Å². The zero-order valence-electron chi connectivity index (χ0n) is 14.7. The molecule has 1 aromatic carbocycles. The summed E-state index contributed by atoms with van der Waals surface area (Å²) in [6.45, 7) is 4.89. The van der Waals surface area contributed by atoms with Gasteiger partial charge in [-0.05, 0) is 66.2 Å². The Morgan fingerprint density at radius 3 is 2.60 bits per heavy atom. The number of halogens is 2. The van der Waals surface area contributed by atoms with Crippen LogP contribution in [0.4, 0.5) is 0 Å². The second-order valence-corrected chi connectivity index (χ2v) is 7.12. The van der Waals surface area contributed by atoms with E-state index in [1.54, 1.807) is 0 Å². The van der Waals surface area contributed by atoms with E-state index in [1.165, 1.54) is 0 Å². The first kappa shape index (κ1) is 21.8. The summed E-state index contributed by atoms with van der Waals surface area (Å²) >= 11 is 9.67. The van der Waals surface area contributed by atoms with Crippen molar-refractivity contribution in [2.75, 3.05) is 13.2 Å². The van der Waals surface area contributed by atoms with Gasteiger partial charge < -0.3 is 15.2 Å². The number of benzene rings is 1. The summed E-state index contributed by atoms with van der Waals surface area (Å²) < 4.78 is 6.58. The summed E-state index contributed by atoms with van der Waals surface area (Å²) in [6.07, 6.45) is 3.46. The third-order valence-electron chi connectivity index (χ3n) is 3.76. The monoisotopic (exact) mass is 433 g/mol. The van der Waals surface area contributed by atoms with Gasteiger partial charge in [0.25, 0.3) is 0 Å². The number of rotatable bonds is 11. The number of ether oxygens (including phenoxy) is 1. The Kier molecular flexibility index (Phi) is 9.90. The maximum Gasteiger partial charge on any atom is 0.303 e. The van der Waals surface area contributed by atoms with Gasteiger partial charge in [0.2, 0.25) is 5.91 Å². The van der Waals surface area contributed by atoms with Crippen molar-refractivity contribution in [3.8, 4) is 5.75 Å². The van der Waals surface area contributed by atoms with Crippen molar-refractivity contribution in [2.45, 2.75) is 52.4 Å². The number of carbonyl (C=O) groups excluding carboxylic acids is 1. The van der Waals surface area contributed by atoms with Crippen LogP contribution in [0.3, 0.4) is 0 Å². The van der Waals surface area contributed by atoms with E-state index in [4.69, 9.17) is 21.4 Å². The number of hydrogen-bond donors (Lipinski definition) is 2. The number of nitrogens with one attached hydrogen (secondary N) is 1. The molecule has 25 heavy (non-hydrogen) atoms. The largest absolute Gasteiger partial charge is 0.492 e. The molecular weight excluding hydrogens is 410 g/mol. The second-order valence-electron chi connectivity index (χ2n) is 5.95. The molecule has 0 aliphatic rings. The van der Waals surface area contributed by atoms with Gasteiger partial charge in [-0.3, -0.25) is 9.59 Å². The number of unbranched alkanes of at least 4 members (excludes halogenated alkanes) is 2. The second kappa shape index (κ2) is 11.4. The highest BCUT2D eigenvalue weighted by atomic mass is 79.9. The molecule has 0 aliphatic heterocycles. The van der Waals surface area contributed by atoms with E-state index in [9.17, 15) is 9.59 Å². The lowest BCUT2D eigenvalue weighted by molar-refractivity contribution is -0.137. The van der Waals surface area contributed by atoms with E-state index in [0.717, 1.165) is 39.2 Å². The molecule has 0 saturated heterocycles. The molecule has 0 saturated carbocycles. The molecule has 0 unspecified atom stereocenters. The molecule has 1 amide bonds. The predicted molar refractivity (Wildman–Crippen MR) is 102 cm³/mol. The zero-order valence-corrected chi connectivity index (χ0v) is 17.0. The van der Waals surface area contributed by atoms with Crippen molar-refractivity contribution in [1.29, 1.82) is 0 Å². The molecule has 0 radical (unpaired) electrons. The summed E-state index contributed by atoms with van der Waals surface area (Å²) in [5.74, 6) is -0.0515. The lowest BCUT2D eigenvalue weighted by Gasteiger charge is -2.13. The van der Waals surface area contributed by atoms with Crippen LogP contribution in [0.5, 0.6) is 5.75 Å². The minimum atomic E-state index is -0.776. The molecule has 0 heterocycles. The molecule has 0 aromatic heterocycles. The predicted octanol–water partition coefficient (Wildman–Crippen LogP) is 4.64. The van der Waals surface area contributed by atoms with Crippen LogP contribution in [0.15, 0.2) is 10.5 Å². The topological polar surface area (TPSA) is 75.6 Å². The number of hydrogen-bond acceptors (Lipinski definition) is 3. The van der Waals surface area contributed by atoms with Crippen LogP contribution < -0.4 is 10.1 Å². The van der Waals surface area contributed by atoms with E-state index in [1.807, 2.05) is 19.9 Å². The van der Waals surface area contributed by atoms with Crippen LogP contribution in [-0.4, -0.2) is 30.1 Å². The third-order valence-corrected chi connectivity index (χ3v) is 5.33. The van der Waals surface area contributed by atoms with Gasteiger partial charge in [0.05, 0.1) is 11.1 Å². The molecule has 0 bridgehead atoms. The summed E-state index contributed by atoms with van der Waals surface area (Å²) in [7, 11) is 0.